The van der Waals surface area contributed by atoms with Crippen LogP contribution in [0.1, 0.15) is 6.92 Å². The third-order valence-corrected chi connectivity index (χ3v) is 4.00. The first-order valence-corrected chi connectivity index (χ1v) is 8.38. The molecule has 2 amide bonds. The van der Waals surface area contributed by atoms with E-state index in [0.29, 0.717) is 26.2 Å². The molecule has 1 aromatic rings. The molecule has 1 heterocycles. The molecule has 1 fully saturated rings. The fraction of sp³-hybridized carbons (Fsp3) is 0.588. The molecule has 0 aliphatic carbocycles. The van der Waals surface area contributed by atoms with Gasteiger partial charge in [-0.25, -0.2) is 4.79 Å². The van der Waals surface area contributed by atoms with Gasteiger partial charge in [0, 0.05) is 26.2 Å². The van der Waals surface area contributed by atoms with E-state index < -0.39 is 18.8 Å². The van der Waals surface area contributed by atoms with Crippen molar-refractivity contribution >= 4 is 11.7 Å². The SMILES string of the molecule is COc1ccccc1N1CCN(C(=O)N[C@H](C)COCC(F)(F)F)CC1. The second-order valence-electron chi connectivity index (χ2n) is 6.13. The predicted octanol–water partition coefficient (Wildman–Crippen LogP) is 2.49. The van der Waals surface area contributed by atoms with Gasteiger partial charge in [0.15, 0.2) is 0 Å². The number of carbonyl (C=O) groups is 1. The van der Waals surface area contributed by atoms with Gasteiger partial charge in [-0.15, -0.1) is 0 Å². The molecule has 0 saturated carbocycles. The second kappa shape index (κ2) is 8.98. The first-order chi connectivity index (χ1) is 12.3. The first kappa shape index (κ1) is 20.2. The molecule has 1 atom stereocenters. The molecule has 1 aliphatic heterocycles. The number of halogens is 3. The number of piperazine rings is 1. The fourth-order valence-corrected chi connectivity index (χ4v) is 2.74. The Labute approximate surface area is 150 Å². The summed E-state index contributed by atoms with van der Waals surface area (Å²) < 4.78 is 46.1. The Bertz CT molecular complexity index is 590. The molecular formula is C17H24F3N3O3. The van der Waals surface area contributed by atoms with Crippen molar-refractivity contribution in [3.63, 3.8) is 0 Å². The number of amides is 2. The van der Waals surface area contributed by atoms with Gasteiger partial charge < -0.3 is 24.6 Å². The van der Waals surface area contributed by atoms with Crippen LogP contribution in [0.2, 0.25) is 0 Å². The molecule has 0 unspecified atom stereocenters. The lowest BCUT2D eigenvalue weighted by molar-refractivity contribution is -0.174. The van der Waals surface area contributed by atoms with E-state index in [2.05, 4.69) is 15.0 Å². The number of rotatable bonds is 6. The van der Waals surface area contributed by atoms with Crippen LogP contribution in [-0.4, -0.2) is 69.7 Å². The summed E-state index contributed by atoms with van der Waals surface area (Å²) in [6.45, 7) is 2.43. The largest absolute Gasteiger partial charge is 0.495 e. The summed E-state index contributed by atoms with van der Waals surface area (Å²) in [6.07, 6.45) is -4.36. The number of methoxy groups -OCH3 is 1. The Morgan fingerprint density at radius 2 is 1.88 bits per heavy atom. The third-order valence-electron chi connectivity index (χ3n) is 4.00. The maximum absolute atomic E-state index is 12.2. The minimum absolute atomic E-state index is 0.188. The van der Waals surface area contributed by atoms with Crippen LogP contribution in [-0.2, 0) is 4.74 Å². The average molecular weight is 375 g/mol. The highest BCUT2D eigenvalue weighted by atomic mass is 19.4. The number of nitrogens with one attached hydrogen (secondary N) is 1. The highest BCUT2D eigenvalue weighted by molar-refractivity contribution is 5.75. The fourth-order valence-electron chi connectivity index (χ4n) is 2.74. The lowest BCUT2D eigenvalue weighted by Gasteiger charge is -2.37. The van der Waals surface area contributed by atoms with Gasteiger partial charge in [0.05, 0.1) is 25.4 Å². The van der Waals surface area contributed by atoms with Gasteiger partial charge in [-0.05, 0) is 19.1 Å². The molecule has 1 N–H and O–H groups in total. The summed E-state index contributed by atoms with van der Waals surface area (Å²) in [5.41, 5.74) is 0.976. The van der Waals surface area contributed by atoms with Crippen molar-refractivity contribution in [3.8, 4) is 5.75 Å². The summed E-state index contributed by atoms with van der Waals surface area (Å²) in [5, 5.41) is 2.66. The minimum atomic E-state index is -4.36. The molecule has 0 aromatic heterocycles. The van der Waals surface area contributed by atoms with Crippen LogP contribution in [0.15, 0.2) is 24.3 Å². The van der Waals surface area contributed by atoms with Crippen molar-refractivity contribution in [2.75, 3.05) is 51.4 Å². The number of nitrogens with zero attached hydrogens (tertiary/aromatic N) is 2. The number of ether oxygens (including phenoxy) is 2. The molecule has 6 nitrogen and oxygen atoms in total. The lowest BCUT2D eigenvalue weighted by atomic mass is 10.2. The van der Waals surface area contributed by atoms with Gasteiger partial charge in [0.2, 0.25) is 0 Å². The lowest BCUT2D eigenvalue weighted by Crippen LogP contribution is -2.53. The quantitative estimate of drug-likeness (QED) is 0.830. The maximum atomic E-state index is 12.2. The zero-order chi connectivity index (χ0) is 19.2. The summed E-state index contributed by atoms with van der Waals surface area (Å²) >= 11 is 0. The van der Waals surface area contributed by atoms with Crippen LogP contribution in [0.4, 0.5) is 23.7 Å². The van der Waals surface area contributed by atoms with Crippen LogP contribution in [0.5, 0.6) is 5.75 Å². The van der Waals surface area contributed by atoms with E-state index in [1.54, 1.807) is 18.9 Å². The van der Waals surface area contributed by atoms with Gasteiger partial charge in [-0.2, -0.15) is 13.2 Å². The smallest absolute Gasteiger partial charge is 0.411 e. The number of para-hydroxylation sites is 2. The molecule has 0 radical (unpaired) electrons. The first-order valence-electron chi connectivity index (χ1n) is 8.38. The third kappa shape index (κ3) is 5.98. The van der Waals surface area contributed by atoms with E-state index in [9.17, 15) is 18.0 Å². The van der Waals surface area contributed by atoms with Crippen molar-refractivity contribution < 1.29 is 27.4 Å². The van der Waals surface area contributed by atoms with Crippen LogP contribution in [0, 0.1) is 0 Å². The highest BCUT2D eigenvalue weighted by Gasteiger charge is 2.28. The summed E-state index contributed by atoms with van der Waals surface area (Å²) in [4.78, 5) is 16.0. The van der Waals surface area contributed by atoms with Gasteiger partial charge in [0.25, 0.3) is 0 Å². The number of alkyl halides is 3. The number of hydrogen-bond donors (Lipinski definition) is 1. The number of hydrogen-bond acceptors (Lipinski definition) is 4. The number of benzene rings is 1. The molecule has 2 rings (SSSR count). The van der Waals surface area contributed by atoms with Crippen LogP contribution < -0.4 is 15.0 Å². The summed E-state index contributed by atoms with van der Waals surface area (Å²) in [5.74, 6) is 0.779. The van der Waals surface area contributed by atoms with E-state index in [1.165, 1.54) is 0 Å². The van der Waals surface area contributed by atoms with Gasteiger partial charge in [-0.3, -0.25) is 0 Å². The van der Waals surface area contributed by atoms with Crippen LogP contribution >= 0.6 is 0 Å². The summed E-state index contributed by atoms with van der Waals surface area (Å²) in [6, 6.07) is 6.88. The van der Waals surface area contributed by atoms with E-state index in [-0.39, 0.29) is 12.6 Å². The molecule has 0 bridgehead atoms. The summed E-state index contributed by atoms with van der Waals surface area (Å²) in [7, 11) is 1.62. The number of urea groups is 1. The Hall–Kier alpha value is -2.16. The molecule has 0 spiro atoms. The molecule has 9 heteroatoms. The molecular weight excluding hydrogens is 351 g/mol. The molecule has 1 saturated heterocycles. The van der Waals surface area contributed by atoms with Crippen molar-refractivity contribution in [2.24, 2.45) is 0 Å². The zero-order valence-electron chi connectivity index (χ0n) is 14.9. The van der Waals surface area contributed by atoms with E-state index >= 15 is 0 Å². The van der Waals surface area contributed by atoms with Crippen LogP contribution in [0.3, 0.4) is 0 Å². The highest BCUT2D eigenvalue weighted by Crippen LogP contribution is 2.28. The normalized spacial score (nSPS) is 16.3. The van der Waals surface area contributed by atoms with Gasteiger partial charge in [-0.1, -0.05) is 12.1 Å². The predicted molar refractivity (Wildman–Crippen MR) is 91.6 cm³/mol. The van der Waals surface area contributed by atoms with Crippen molar-refractivity contribution in [3.05, 3.63) is 24.3 Å². The van der Waals surface area contributed by atoms with Crippen LogP contribution in [0.25, 0.3) is 0 Å². The average Bonchev–Trinajstić information content (AvgIpc) is 2.60. The Morgan fingerprint density at radius 1 is 1.23 bits per heavy atom. The topological polar surface area (TPSA) is 54.0 Å². The Kier molecular flexibility index (Phi) is 6.96. The molecule has 26 heavy (non-hydrogen) atoms. The van der Waals surface area contributed by atoms with Gasteiger partial charge in [0.1, 0.15) is 12.4 Å². The van der Waals surface area contributed by atoms with Crippen molar-refractivity contribution in [1.82, 2.24) is 10.2 Å². The Morgan fingerprint density at radius 3 is 2.50 bits per heavy atom. The van der Waals surface area contributed by atoms with E-state index in [1.807, 2.05) is 24.3 Å². The minimum Gasteiger partial charge on any atom is -0.495 e. The maximum Gasteiger partial charge on any atom is 0.411 e. The number of anilines is 1. The second-order valence-corrected chi connectivity index (χ2v) is 6.13. The molecule has 146 valence electrons. The molecule has 1 aromatic carbocycles. The standard InChI is InChI=1S/C17H24F3N3O3/c1-13(11-26-12-17(18,19)20)21-16(24)23-9-7-22(8-10-23)14-5-3-4-6-15(14)25-2/h3-6,13H,7-12H2,1-2H3,(H,21,24)/t13-/m1/s1. The zero-order valence-corrected chi connectivity index (χ0v) is 14.9. The Balaban J connectivity index is 1.77. The number of carbonyl (C=O) groups excluding carboxylic acids is 1. The van der Waals surface area contributed by atoms with Crippen molar-refractivity contribution in [2.45, 2.75) is 19.1 Å². The molecule has 1 aliphatic rings. The van der Waals surface area contributed by atoms with Gasteiger partial charge >= 0.3 is 12.2 Å². The van der Waals surface area contributed by atoms with E-state index in [4.69, 9.17) is 4.74 Å². The van der Waals surface area contributed by atoms with Crippen molar-refractivity contribution in [1.29, 1.82) is 0 Å². The van der Waals surface area contributed by atoms with E-state index in [0.717, 1.165) is 11.4 Å². The monoisotopic (exact) mass is 375 g/mol.